The number of hydrogen-bond acceptors (Lipinski definition) is 4. The number of halogens is 1. The Morgan fingerprint density at radius 2 is 2.11 bits per heavy atom. The molecule has 2 unspecified atom stereocenters. The Bertz CT molecular complexity index is 575. The van der Waals surface area contributed by atoms with Gasteiger partial charge in [-0.1, -0.05) is 0 Å². The number of nitrogens with two attached hydrogens (primary N) is 1. The fraction of sp³-hybridized carbons (Fsp3) is 0.455. The van der Waals surface area contributed by atoms with Crippen LogP contribution in [-0.2, 0) is 20.8 Å². The van der Waals surface area contributed by atoms with Crippen LogP contribution in [0.2, 0.25) is 0 Å². The predicted molar refractivity (Wildman–Crippen MR) is 81.9 cm³/mol. The van der Waals surface area contributed by atoms with Crippen LogP contribution in [0.25, 0.3) is 0 Å². The van der Waals surface area contributed by atoms with Crippen LogP contribution in [-0.4, -0.2) is 30.7 Å². The summed E-state index contributed by atoms with van der Waals surface area (Å²) in [4.78, 5) is 0.145. The Labute approximate surface area is 124 Å². The summed E-state index contributed by atoms with van der Waals surface area (Å²) in [6.07, 6.45) is 2.12. The predicted octanol–water partition coefficient (Wildman–Crippen LogP) is 1.47. The molecule has 0 aliphatic heterocycles. The van der Waals surface area contributed by atoms with Crippen molar-refractivity contribution in [2.75, 3.05) is 17.7 Å². The molecule has 0 saturated carbocycles. The molecule has 1 rings (SSSR count). The molecule has 0 bridgehead atoms. The third-order valence-corrected chi connectivity index (χ3v) is 5.82. The molecule has 1 aromatic carbocycles. The number of anilines is 1. The molecule has 1 aromatic rings. The van der Waals surface area contributed by atoms with Crippen molar-refractivity contribution in [3.63, 3.8) is 0 Å². The van der Waals surface area contributed by atoms with Crippen molar-refractivity contribution >= 4 is 42.4 Å². The average Bonchev–Trinajstić information content (AvgIpc) is 2.25. The Hall–Kier alpha value is -0.440. The molecule has 0 heterocycles. The zero-order valence-corrected chi connectivity index (χ0v) is 13.9. The average molecular weight is 369 g/mol. The molecular formula is C11H17BrN2O3S2. The second-order valence-electron chi connectivity index (χ2n) is 4.28. The summed E-state index contributed by atoms with van der Waals surface area (Å²) in [5.41, 5.74) is 6.06. The lowest BCUT2D eigenvalue weighted by Gasteiger charge is -2.14. The summed E-state index contributed by atoms with van der Waals surface area (Å²) in [5, 5.41) is 0. The van der Waals surface area contributed by atoms with Crippen molar-refractivity contribution in [2.24, 2.45) is 0 Å². The molecule has 0 aliphatic carbocycles. The van der Waals surface area contributed by atoms with Gasteiger partial charge in [0.25, 0.3) is 0 Å². The molecule has 3 N–H and O–H groups in total. The quantitative estimate of drug-likeness (QED) is 0.743. The Balaban J connectivity index is 2.83. The van der Waals surface area contributed by atoms with E-state index in [1.54, 1.807) is 19.2 Å². The maximum Gasteiger partial charge on any atom is 0.241 e. The highest BCUT2D eigenvalue weighted by atomic mass is 79.9. The van der Waals surface area contributed by atoms with Crippen LogP contribution in [0.4, 0.5) is 5.69 Å². The third-order valence-electron chi connectivity index (χ3n) is 2.44. The molecule has 5 nitrogen and oxygen atoms in total. The van der Waals surface area contributed by atoms with E-state index in [-0.39, 0.29) is 10.9 Å². The van der Waals surface area contributed by atoms with Gasteiger partial charge in [0.15, 0.2) is 0 Å². The number of nitrogen functional groups attached to an aromatic ring is 1. The molecule has 0 saturated heterocycles. The zero-order valence-electron chi connectivity index (χ0n) is 10.7. The molecule has 2 atom stereocenters. The van der Waals surface area contributed by atoms with E-state index in [0.29, 0.717) is 22.3 Å². The first-order valence-corrected chi connectivity index (χ1v) is 9.60. The highest BCUT2D eigenvalue weighted by molar-refractivity contribution is 9.10. The Kier molecular flexibility index (Phi) is 5.97. The lowest BCUT2D eigenvalue weighted by Crippen LogP contribution is -2.33. The van der Waals surface area contributed by atoms with Crippen LogP contribution in [0, 0.1) is 0 Å². The minimum atomic E-state index is -3.61. The standard InChI is InChI=1S/C11H17BrN2O3S2/c1-8(5-6-18(2)15)14-19(16,17)11-4-3-9(13)7-10(11)12/h3-4,7-8,14H,5-6,13H2,1-2H3. The monoisotopic (exact) mass is 368 g/mol. The van der Waals surface area contributed by atoms with Gasteiger partial charge in [-0.15, -0.1) is 0 Å². The maximum absolute atomic E-state index is 12.2. The van der Waals surface area contributed by atoms with Gasteiger partial charge < -0.3 is 5.73 Å². The zero-order chi connectivity index (χ0) is 14.6. The SMILES string of the molecule is CC(CCS(C)=O)NS(=O)(=O)c1ccc(N)cc1Br. The molecule has 0 aromatic heterocycles. The topological polar surface area (TPSA) is 89.3 Å². The lowest BCUT2D eigenvalue weighted by atomic mass is 10.3. The largest absolute Gasteiger partial charge is 0.399 e. The van der Waals surface area contributed by atoms with E-state index in [1.807, 2.05) is 0 Å². The maximum atomic E-state index is 12.2. The fourth-order valence-corrected chi connectivity index (χ4v) is 4.52. The molecule has 108 valence electrons. The van der Waals surface area contributed by atoms with Crippen LogP contribution in [0.1, 0.15) is 13.3 Å². The van der Waals surface area contributed by atoms with Crippen molar-refractivity contribution in [3.05, 3.63) is 22.7 Å². The van der Waals surface area contributed by atoms with Gasteiger partial charge in [0.1, 0.15) is 0 Å². The first-order chi connectivity index (χ1) is 8.72. The number of rotatable bonds is 6. The van der Waals surface area contributed by atoms with Crippen LogP contribution < -0.4 is 10.5 Å². The molecular weight excluding hydrogens is 352 g/mol. The summed E-state index contributed by atoms with van der Waals surface area (Å²) < 4.78 is 38.3. The van der Waals surface area contributed by atoms with E-state index in [2.05, 4.69) is 20.7 Å². The number of hydrogen-bond donors (Lipinski definition) is 2. The van der Waals surface area contributed by atoms with Gasteiger partial charge in [-0.25, -0.2) is 13.1 Å². The molecule has 0 fully saturated rings. The normalized spacial score (nSPS) is 15.1. The summed E-state index contributed by atoms with van der Waals surface area (Å²) in [5.74, 6) is 0.465. The highest BCUT2D eigenvalue weighted by Gasteiger charge is 2.20. The first kappa shape index (κ1) is 16.6. The first-order valence-electron chi connectivity index (χ1n) is 5.60. The lowest BCUT2D eigenvalue weighted by molar-refractivity contribution is 0.555. The second kappa shape index (κ2) is 6.83. The highest BCUT2D eigenvalue weighted by Crippen LogP contribution is 2.24. The van der Waals surface area contributed by atoms with E-state index in [4.69, 9.17) is 5.73 Å². The van der Waals surface area contributed by atoms with Gasteiger partial charge in [0.05, 0.1) is 4.90 Å². The number of sulfonamides is 1. The molecule has 0 amide bonds. The van der Waals surface area contributed by atoms with Gasteiger partial charge in [-0.3, -0.25) is 4.21 Å². The van der Waals surface area contributed by atoms with Gasteiger partial charge in [0.2, 0.25) is 10.0 Å². The molecule has 19 heavy (non-hydrogen) atoms. The molecule has 0 spiro atoms. The van der Waals surface area contributed by atoms with E-state index < -0.39 is 20.8 Å². The van der Waals surface area contributed by atoms with Gasteiger partial charge in [-0.2, -0.15) is 0 Å². The van der Waals surface area contributed by atoms with Crippen molar-refractivity contribution in [3.8, 4) is 0 Å². The Morgan fingerprint density at radius 1 is 1.47 bits per heavy atom. The van der Waals surface area contributed by atoms with Crippen LogP contribution in [0.5, 0.6) is 0 Å². The Morgan fingerprint density at radius 3 is 2.63 bits per heavy atom. The smallest absolute Gasteiger partial charge is 0.241 e. The molecule has 0 radical (unpaired) electrons. The van der Waals surface area contributed by atoms with Crippen molar-refractivity contribution < 1.29 is 12.6 Å². The minimum Gasteiger partial charge on any atom is -0.399 e. The van der Waals surface area contributed by atoms with E-state index >= 15 is 0 Å². The van der Waals surface area contributed by atoms with Crippen molar-refractivity contribution in [2.45, 2.75) is 24.3 Å². The van der Waals surface area contributed by atoms with Gasteiger partial charge in [-0.05, 0) is 47.5 Å². The molecule has 8 heteroatoms. The van der Waals surface area contributed by atoms with Gasteiger partial charge in [0, 0.05) is 39.0 Å². The second-order valence-corrected chi connectivity index (χ2v) is 8.37. The van der Waals surface area contributed by atoms with Crippen molar-refractivity contribution in [1.82, 2.24) is 4.72 Å². The summed E-state index contributed by atoms with van der Waals surface area (Å²) in [6.45, 7) is 1.75. The summed E-state index contributed by atoms with van der Waals surface area (Å²) in [6, 6.07) is 4.25. The van der Waals surface area contributed by atoms with E-state index in [9.17, 15) is 12.6 Å². The van der Waals surface area contributed by atoms with Crippen LogP contribution >= 0.6 is 15.9 Å². The minimum absolute atomic E-state index is 0.145. The number of benzene rings is 1. The van der Waals surface area contributed by atoms with E-state index in [0.717, 1.165) is 0 Å². The van der Waals surface area contributed by atoms with Crippen molar-refractivity contribution in [1.29, 1.82) is 0 Å². The van der Waals surface area contributed by atoms with Crippen LogP contribution in [0.15, 0.2) is 27.6 Å². The summed E-state index contributed by atoms with van der Waals surface area (Å²) >= 11 is 3.19. The van der Waals surface area contributed by atoms with Gasteiger partial charge >= 0.3 is 0 Å². The summed E-state index contributed by atoms with van der Waals surface area (Å²) in [7, 11) is -4.53. The third kappa shape index (κ3) is 5.21. The molecule has 0 aliphatic rings. The fourth-order valence-electron chi connectivity index (χ4n) is 1.47. The van der Waals surface area contributed by atoms with E-state index in [1.165, 1.54) is 12.1 Å². The number of nitrogens with one attached hydrogen (secondary N) is 1. The van der Waals surface area contributed by atoms with Crippen LogP contribution in [0.3, 0.4) is 0 Å².